The maximum atomic E-state index is 12.6. The summed E-state index contributed by atoms with van der Waals surface area (Å²) in [6, 6.07) is 8.10. The van der Waals surface area contributed by atoms with E-state index in [-0.39, 0.29) is 29.3 Å². The van der Waals surface area contributed by atoms with Crippen molar-refractivity contribution in [3.63, 3.8) is 0 Å². The Morgan fingerprint density at radius 1 is 1.11 bits per heavy atom. The molecule has 27 heavy (non-hydrogen) atoms. The van der Waals surface area contributed by atoms with Gasteiger partial charge in [-0.15, -0.1) is 0 Å². The van der Waals surface area contributed by atoms with Gasteiger partial charge in [0, 0.05) is 12.6 Å². The molecule has 0 radical (unpaired) electrons. The van der Waals surface area contributed by atoms with E-state index >= 15 is 0 Å². The first-order valence-corrected chi connectivity index (χ1v) is 8.24. The van der Waals surface area contributed by atoms with Crippen LogP contribution in [-0.4, -0.2) is 39.5 Å². The summed E-state index contributed by atoms with van der Waals surface area (Å²) in [5.41, 5.74) is 0.912. The third-order valence-corrected chi connectivity index (χ3v) is 4.18. The van der Waals surface area contributed by atoms with Gasteiger partial charge in [0.05, 0.1) is 29.4 Å². The third-order valence-electron chi connectivity index (χ3n) is 4.18. The van der Waals surface area contributed by atoms with Crippen LogP contribution >= 0.6 is 0 Å². The van der Waals surface area contributed by atoms with E-state index in [1.54, 1.807) is 37.3 Å². The zero-order chi connectivity index (χ0) is 19.0. The second-order valence-electron chi connectivity index (χ2n) is 5.81. The van der Waals surface area contributed by atoms with Gasteiger partial charge < -0.3 is 14.4 Å². The average Bonchev–Trinajstić information content (AvgIpc) is 3.38. The van der Waals surface area contributed by atoms with Crippen LogP contribution in [-0.2, 0) is 6.54 Å². The standard InChI is InChI=1S/C18H14N4O5/c1-2-19-16(23)15-14(12-7-8-20-26-12)13(27-21-15)9-22-17(24)10-5-3-4-6-11(10)18(22)25/h3-8H,2,9H2,1H3,(H,19,23). The lowest BCUT2D eigenvalue weighted by Gasteiger charge is -2.12. The van der Waals surface area contributed by atoms with E-state index in [2.05, 4.69) is 15.6 Å². The van der Waals surface area contributed by atoms with Gasteiger partial charge in [0.25, 0.3) is 17.7 Å². The molecule has 0 spiro atoms. The van der Waals surface area contributed by atoms with E-state index < -0.39 is 17.7 Å². The van der Waals surface area contributed by atoms with Crippen molar-refractivity contribution >= 4 is 17.7 Å². The number of nitrogens with zero attached hydrogens (tertiary/aromatic N) is 3. The third kappa shape index (κ3) is 2.69. The van der Waals surface area contributed by atoms with Crippen LogP contribution < -0.4 is 5.32 Å². The van der Waals surface area contributed by atoms with Crippen LogP contribution in [0.1, 0.15) is 43.9 Å². The van der Waals surface area contributed by atoms with Crippen molar-refractivity contribution in [2.24, 2.45) is 0 Å². The van der Waals surface area contributed by atoms with E-state index in [9.17, 15) is 14.4 Å². The maximum absolute atomic E-state index is 12.6. The lowest BCUT2D eigenvalue weighted by Crippen LogP contribution is -2.29. The predicted molar refractivity (Wildman–Crippen MR) is 90.7 cm³/mol. The molecule has 0 saturated heterocycles. The second-order valence-corrected chi connectivity index (χ2v) is 5.81. The number of fused-ring (bicyclic) bond motifs is 1. The summed E-state index contributed by atoms with van der Waals surface area (Å²) >= 11 is 0. The van der Waals surface area contributed by atoms with Crippen LogP contribution in [0.4, 0.5) is 0 Å². The molecule has 4 rings (SSSR count). The average molecular weight is 366 g/mol. The first-order valence-electron chi connectivity index (χ1n) is 8.24. The number of nitrogens with one attached hydrogen (secondary N) is 1. The van der Waals surface area contributed by atoms with Crippen molar-refractivity contribution in [3.8, 4) is 11.3 Å². The van der Waals surface area contributed by atoms with E-state index in [4.69, 9.17) is 9.05 Å². The number of hydrogen-bond donors (Lipinski definition) is 1. The quantitative estimate of drug-likeness (QED) is 0.685. The topological polar surface area (TPSA) is 119 Å². The van der Waals surface area contributed by atoms with Gasteiger partial charge in [0.1, 0.15) is 0 Å². The van der Waals surface area contributed by atoms with Crippen LogP contribution in [0, 0.1) is 0 Å². The smallest absolute Gasteiger partial charge is 0.274 e. The summed E-state index contributed by atoms with van der Waals surface area (Å²) in [5.74, 6) is -0.918. The highest BCUT2D eigenvalue weighted by Gasteiger charge is 2.37. The van der Waals surface area contributed by atoms with Crippen LogP contribution in [0.2, 0.25) is 0 Å². The first-order chi connectivity index (χ1) is 13.1. The molecular weight excluding hydrogens is 352 g/mol. The molecule has 9 nitrogen and oxygen atoms in total. The van der Waals surface area contributed by atoms with Crippen molar-refractivity contribution in [1.82, 2.24) is 20.5 Å². The zero-order valence-electron chi connectivity index (χ0n) is 14.3. The number of imide groups is 1. The number of hydrogen-bond acceptors (Lipinski definition) is 7. The van der Waals surface area contributed by atoms with Crippen LogP contribution in [0.25, 0.3) is 11.3 Å². The Balaban J connectivity index is 1.72. The Hall–Kier alpha value is -3.75. The molecular formula is C18H14N4O5. The molecule has 0 fully saturated rings. The Labute approximate surface area is 152 Å². The monoisotopic (exact) mass is 366 g/mol. The van der Waals surface area contributed by atoms with Crippen molar-refractivity contribution in [3.05, 3.63) is 59.1 Å². The molecule has 136 valence electrons. The minimum Gasteiger partial charge on any atom is -0.358 e. The fourth-order valence-electron chi connectivity index (χ4n) is 2.96. The minimum atomic E-state index is -0.457. The van der Waals surface area contributed by atoms with Gasteiger partial charge in [-0.3, -0.25) is 19.3 Å². The zero-order valence-corrected chi connectivity index (χ0v) is 14.3. The van der Waals surface area contributed by atoms with Gasteiger partial charge in [0.2, 0.25) is 0 Å². The van der Waals surface area contributed by atoms with Crippen molar-refractivity contribution in [1.29, 1.82) is 0 Å². The molecule has 9 heteroatoms. The second kappa shape index (κ2) is 6.52. The molecule has 0 unspecified atom stereocenters. The molecule has 1 aliphatic rings. The highest BCUT2D eigenvalue weighted by Crippen LogP contribution is 2.31. The van der Waals surface area contributed by atoms with Crippen molar-refractivity contribution in [2.75, 3.05) is 6.54 Å². The fraction of sp³-hybridized carbons (Fsp3) is 0.167. The normalized spacial score (nSPS) is 13.1. The molecule has 3 amide bonds. The number of aromatic nitrogens is 2. The first kappa shape index (κ1) is 16.7. The van der Waals surface area contributed by atoms with Gasteiger partial charge in [-0.25, -0.2) is 0 Å². The predicted octanol–water partition coefficient (Wildman–Crippen LogP) is 1.88. The summed E-state index contributed by atoms with van der Waals surface area (Å²) in [6.45, 7) is 1.98. The summed E-state index contributed by atoms with van der Waals surface area (Å²) in [5, 5.41) is 10.1. The summed E-state index contributed by atoms with van der Waals surface area (Å²) < 4.78 is 10.4. The largest absolute Gasteiger partial charge is 0.358 e. The highest BCUT2D eigenvalue weighted by atomic mass is 16.5. The van der Waals surface area contributed by atoms with E-state index in [0.717, 1.165) is 4.90 Å². The van der Waals surface area contributed by atoms with E-state index in [0.29, 0.717) is 17.7 Å². The lowest BCUT2D eigenvalue weighted by atomic mass is 10.1. The summed E-state index contributed by atoms with van der Waals surface area (Å²) in [7, 11) is 0. The SMILES string of the molecule is CCNC(=O)c1noc(CN2C(=O)c3ccccc3C2=O)c1-c1ccno1. The maximum Gasteiger partial charge on any atom is 0.274 e. The molecule has 3 heterocycles. The Kier molecular flexibility index (Phi) is 4.03. The molecule has 0 bridgehead atoms. The molecule has 1 N–H and O–H groups in total. The molecule has 0 aliphatic carbocycles. The van der Waals surface area contributed by atoms with Crippen molar-refractivity contribution in [2.45, 2.75) is 13.5 Å². The lowest BCUT2D eigenvalue weighted by molar-refractivity contribution is 0.0627. The Morgan fingerprint density at radius 2 is 1.81 bits per heavy atom. The van der Waals surface area contributed by atoms with Gasteiger partial charge in [-0.2, -0.15) is 0 Å². The summed E-state index contributed by atoms with van der Waals surface area (Å²) in [6.07, 6.45) is 1.41. The molecule has 1 aromatic carbocycles. The number of carbonyl (C=O) groups is 3. The van der Waals surface area contributed by atoms with Gasteiger partial charge >= 0.3 is 0 Å². The Morgan fingerprint density at radius 3 is 2.41 bits per heavy atom. The number of rotatable bonds is 5. The number of amides is 3. The van der Waals surface area contributed by atoms with Gasteiger partial charge in [-0.1, -0.05) is 22.4 Å². The van der Waals surface area contributed by atoms with Gasteiger partial charge in [0.15, 0.2) is 17.2 Å². The molecule has 2 aromatic heterocycles. The molecule has 0 atom stereocenters. The molecule has 3 aromatic rings. The van der Waals surface area contributed by atoms with Crippen LogP contribution in [0.15, 0.2) is 45.6 Å². The molecule has 1 aliphatic heterocycles. The van der Waals surface area contributed by atoms with Gasteiger partial charge in [-0.05, 0) is 19.1 Å². The van der Waals surface area contributed by atoms with E-state index in [1.807, 2.05) is 0 Å². The Bertz CT molecular complexity index is 1000. The number of benzene rings is 1. The highest BCUT2D eigenvalue weighted by molar-refractivity contribution is 6.21. The van der Waals surface area contributed by atoms with Crippen molar-refractivity contribution < 1.29 is 23.4 Å². The van der Waals surface area contributed by atoms with E-state index in [1.165, 1.54) is 6.20 Å². The minimum absolute atomic E-state index is 0.000194. The molecule has 0 saturated carbocycles. The summed E-state index contributed by atoms with van der Waals surface area (Å²) in [4.78, 5) is 38.5. The fourth-order valence-corrected chi connectivity index (χ4v) is 2.96. The van der Waals surface area contributed by atoms with Crippen LogP contribution in [0.5, 0.6) is 0 Å². The van der Waals surface area contributed by atoms with Crippen LogP contribution in [0.3, 0.4) is 0 Å². The number of carbonyl (C=O) groups excluding carboxylic acids is 3.